The van der Waals surface area contributed by atoms with Gasteiger partial charge in [0.15, 0.2) is 0 Å². The number of fused-ring (bicyclic) bond motifs is 1. The van der Waals surface area contributed by atoms with Crippen LogP contribution in [0.5, 0.6) is 11.5 Å². The first kappa shape index (κ1) is 22.2. The average molecular weight is 431 g/mol. The highest BCUT2D eigenvalue weighted by atomic mass is 32.2. The fourth-order valence-corrected chi connectivity index (χ4v) is 4.97. The zero-order valence-corrected chi connectivity index (χ0v) is 19.3. The smallest absolute Gasteiger partial charge is 0.268 e. The van der Waals surface area contributed by atoms with Crippen LogP contribution in [0.1, 0.15) is 31.0 Å². The van der Waals surface area contributed by atoms with E-state index in [1.807, 2.05) is 37.2 Å². The molecule has 0 radical (unpaired) electrons. The van der Waals surface area contributed by atoms with Crippen LogP contribution in [-0.2, 0) is 10.0 Å². The average Bonchev–Trinajstić information content (AvgIpc) is 2.99. The van der Waals surface area contributed by atoms with Crippen LogP contribution < -0.4 is 9.47 Å². The monoisotopic (exact) mass is 430 g/mol. The predicted octanol–water partition coefficient (Wildman–Crippen LogP) is 4.26. The third-order valence-electron chi connectivity index (χ3n) is 5.17. The van der Waals surface area contributed by atoms with Crippen LogP contribution in [0.4, 0.5) is 0 Å². The molecule has 0 unspecified atom stereocenters. The van der Waals surface area contributed by atoms with Crippen molar-refractivity contribution in [1.82, 2.24) is 8.87 Å². The molecule has 0 amide bonds. The largest absolute Gasteiger partial charge is 0.497 e. The molecule has 0 saturated heterocycles. The van der Waals surface area contributed by atoms with Gasteiger partial charge in [-0.25, -0.2) is 12.4 Å². The van der Waals surface area contributed by atoms with Gasteiger partial charge in [-0.05, 0) is 62.8 Å². The first-order valence-corrected chi connectivity index (χ1v) is 11.4. The van der Waals surface area contributed by atoms with Crippen molar-refractivity contribution in [1.29, 1.82) is 0 Å². The minimum absolute atomic E-state index is 0.252. The summed E-state index contributed by atoms with van der Waals surface area (Å²) in [5, 5.41) is 0.716. The standard InChI is InChI=1S/C23H30N2O4S/c1-16(2)18-7-10-20(11-8-18)30(26,27)25-17(3)23(29-14-13-24(4)5)21-15-19(28-6)9-12-22(21)25/h7-12,15-16H,13-14H2,1-6H3. The summed E-state index contributed by atoms with van der Waals surface area (Å²) in [7, 11) is 1.73. The van der Waals surface area contributed by atoms with Gasteiger partial charge in [0.2, 0.25) is 0 Å². The molecule has 1 aromatic heterocycles. The van der Waals surface area contributed by atoms with E-state index >= 15 is 0 Å². The van der Waals surface area contributed by atoms with E-state index in [1.54, 1.807) is 38.3 Å². The van der Waals surface area contributed by atoms with Gasteiger partial charge in [0, 0.05) is 11.9 Å². The van der Waals surface area contributed by atoms with Gasteiger partial charge in [0.05, 0.1) is 23.2 Å². The Kier molecular flexibility index (Phi) is 6.43. The maximum atomic E-state index is 13.6. The third kappa shape index (κ3) is 4.18. The van der Waals surface area contributed by atoms with E-state index < -0.39 is 10.0 Å². The van der Waals surface area contributed by atoms with Crippen molar-refractivity contribution in [3.63, 3.8) is 0 Å². The van der Waals surface area contributed by atoms with Crippen molar-refractivity contribution >= 4 is 20.9 Å². The van der Waals surface area contributed by atoms with Crippen LogP contribution in [-0.4, -0.2) is 51.6 Å². The molecule has 3 aromatic rings. The third-order valence-corrected chi connectivity index (χ3v) is 6.99. The number of hydrogen-bond acceptors (Lipinski definition) is 5. The fourth-order valence-electron chi connectivity index (χ4n) is 3.42. The molecule has 1 heterocycles. The Morgan fingerprint density at radius 3 is 2.30 bits per heavy atom. The van der Waals surface area contributed by atoms with Gasteiger partial charge < -0.3 is 14.4 Å². The molecule has 0 spiro atoms. The minimum atomic E-state index is -3.79. The number of rotatable bonds is 8. The second-order valence-electron chi connectivity index (χ2n) is 7.94. The van der Waals surface area contributed by atoms with E-state index in [2.05, 4.69) is 13.8 Å². The second kappa shape index (κ2) is 8.70. The quantitative estimate of drug-likeness (QED) is 0.534. The van der Waals surface area contributed by atoms with Crippen molar-refractivity contribution in [2.24, 2.45) is 0 Å². The lowest BCUT2D eigenvalue weighted by molar-refractivity contribution is 0.262. The van der Waals surface area contributed by atoms with Gasteiger partial charge >= 0.3 is 0 Å². The Hall–Kier alpha value is -2.51. The van der Waals surface area contributed by atoms with Gasteiger partial charge in [0.1, 0.15) is 18.1 Å². The number of nitrogens with zero attached hydrogens (tertiary/aromatic N) is 2. The van der Waals surface area contributed by atoms with Gasteiger partial charge in [-0.1, -0.05) is 26.0 Å². The summed E-state index contributed by atoms with van der Waals surface area (Å²) in [6.07, 6.45) is 0. The van der Waals surface area contributed by atoms with Crippen molar-refractivity contribution in [2.75, 3.05) is 34.4 Å². The molecule has 0 atom stereocenters. The molecule has 0 saturated carbocycles. The Balaban J connectivity index is 2.15. The number of benzene rings is 2. The summed E-state index contributed by atoms with van der Waals surface area (Å²) in [4.78, 5) is 2.27. The normalized spacial score (nSPS) is 12.1. The lowest BCUT2D eigenvalue weighted by Crippen LogP contribution is -2.20. The van der Waals surface area contributed by atoms with E-state index in [-0.39, 0.29) is 4.90 Å². The Morgan fingerprint density at radius 1 is 1.07 bits per heavy atom. The van der Waals surface area contributed by atoms with Gasteiger partial charge in [-0.2, -0.15) is 0 Å². The maximum Gasteiger partial charge on any atom is 0.268 e. The number of aromatic nitrogens is 1. The molecule has 162 valence electrons. The van der Waals surface area contributed by atoms with E-state index in [1.165, 1.54) is 3.97 Å². The predicted molar refractivity (Wildman–Crippen MR) is 120 cm³/mol. The molecule has 0 aliphatic heterocycles. The summed E-state index contributed by atoms with van der Waals surface area (Å²) in [5.74, 6) is 1.55. The molecule has 7 heteroatoms. The van der Waals surface area contributed by atoms with Crippen molar-refractivity contribution in [2.45, 2.75) is 31.6 Å². The molecular weight excluding hydrogens is 400 g/mol. The molecular formula is C23H30N2O4S. The van der Waals surface area contributed by atoms with Gasteiger partial charge in [-0.15, -0.1) is 0 Å². The molecule has 30 heavy (non-hydrogen) atoms. The number of likely N-dealkylation sites (N-methyl/N-ethyl adjacent to an activating group) is 1. The van der Waals surface area contributed by atoms with Crippen LogP contribution in [0.25, 0.3) is 10.9 Å². The summed E-state index contributed by atoms with van der Waals surface area (Å²) < 4.78 is 39.9. The lowest BCUT2D eigenvalue weighted by atomic mass is 10.0. The topological polar surface area (TPSA) is 60.8 Å². The van der Waals surface area contributed by atoms with Crippen molar-refractivity contribution < 1.29 is 17.9 Å². The first-order valence-electron chi connectivity index (χ1n) is 9.99. The minimum Gasteiger partial charge on any atom is -0.497 e. The second-order valence-corrected chi connectivity index (χ2v) is 9.73. The lowest BCUT2D eigenvalue weighted by Gasteiger charge is -2.13. The molecule has 0 fully saturated rings. The van der Waals surface area contributed by atoms with E-state index in [9.17, 15) is 8.42 Å². The Labute approximate surface area is 179 Å². The molecule has 0 bridgehead atoms. The molecule has 0 aliphatic rings. The van der Waals surface area contributed by atoms with Crippen LogP contribution in [0.2, 0.25) is 0 Å². The van der Waals surface area contributed by atoms with Crippen LogP contribution in [0.3, 0.4) is 0 Å². The summed E-state index contributed by atoms with van der Waals surface area (Å²) in [6, 6.07) is 12.4. The van der Waals surface area contributed by atoms with Gasteiger partial charge in [0.25, 0.3) is 10.0 Å². The Morgan fingerprint density at radius 2 is 1.73 bits per heavy atom. The maximum absolute atomic E-state index is 13.6. The van der Waals surface area contributed by atoms with Crippen molar-refractivity contribution in [3.05, 3.63) is 53.7 Å². The van der Waals surface area contributed by atoms with Crippen LogP contribution >= 0.6 is 0 Å². The van der Waals surface area contributed by atoms with E-state index in [4.69, 9.17) is 9.47 Å². The number of hydrogen-bond donors (Lipinski definition) is 0. The molecule has 0 aliphatic carbocycles. The van der Waals surface area contributed by atoms with Crippen molar-refractivity contribution in [3.8, 4) is 11.5 Å². The molecule has 2 aromatic carbocycles. The SMILES string of the molecule is COc1ccc2c(c1)c(OCCN(C)C)c(C)n2S(=O)(=O)c1ccc(C(C)C)cc1. The van der Waals surface area contributed by atoms with E-state index in [0.717, 1.165) is 12.1 Å². The number of methoxy groups -OCH3 is 1. The molecule has 6 nitrogen and oxygen atoms in total. The van der Waals surface area contributed by atoms with Crippen LogP contribution in [0.15, 0.2) is 47.4 Å². The zero-order chi connectivity index (χ0) is 22.1. The van der Waals surface area contributed by atoms with Gasteiger partial charge in [-0.3, -0.25) is 0 Å². The summed E-state index contributed by atoms with van der Waals surface area (Å²) in [5.41, 5.74) is 2.21. The molecule has 0 N–H and O–H groups in total. The van der Waals surface area contributed by atoms with E-state index in [0.29, 0.717) is 40.6 Å². The highest BCUT2D eigenvalue weighted by Crippen LogP contribution is 2.37. The first-order chi connectivity index (χ1) is 14.2. The highest BCUT2D eigenvalue weighted by molar-refractivity contribution is 7.90. The van der Waals surface area contributed by atoms with Crippen LogP contribution in [0, 0.1) is 6.92 Å². The molecule has 3 rings (SSSR count). The Bertz CT molecular complexity index is 1130. The summed E-state index contributed by atoms with van der Waals surface area (Å²) >= 11 is 0. The highest BCUT2D eigenvalue weighted by Gasteiger charge is 2.26. The fraction of sp³-hybridized carbons (Fsp3) is 0.391. The number of ether oxygens (including phenoxy) is 2. The summed E-state index contributed by atoms with van der Waals surface area (Å²) in [6.45, 7) is 7.11. The zero-order valence-electron chi connectivity index (χ0n) is 18.5.